The van der Waals surface area contributed by atoms with E-state index in [1.165, 1.54) is 61.6 Å². The number of imidazole rings is 1. The third-order valence-corrected chi connectivity index (χ3v) is 13.3. The van der Waals surface area contributed by atoms with E-state index in [1.807, 2.05) is 0 Å². The smallest absolute Gasteiger partial charge is 0.349 e. The summed E-state index contributed by atoms with van der Waals surface area (Å²) in [5, 5.41) is 2.41. The van der Waals surface area contributed by atoms with E-state index >= 15 is 0 Å². The number of benzene rings is 4. The van der Waals surface area contributed by atoms with E-state index in [0.717, 1.165) is 30.4 Å². The van der Waals surface area contributed by atoms with Crippen molar-refractivity contribution >= 4 is 33.5 Å². The van der Waals surface area contributed by atoms with Crippen molar-refractivity contribution in [1.29, 1.82) is 0 Å². The number of quaternary nitrogens is 1. The van der Waals surface area contributed by atoms with Crippen molar-refractivity contribution in [1.82, 2.24) is 9.05 Å². The van der Waals surface area contributed by atoms with Gasteiger partial charge in [-0.25, -0.2) is 4.57 Å². The van der Waals surface area contributed by atoms with Gasteiger partial charge in [0, 0.05) is 33.5 Å². The van der Waals surface area contributed by atoms with Gasteiger partial charge < -0.3 is 4.42 Å². The molecule has 0 amide bonds. The molecule has 4 heterocycles. The number of nitrogens with zero attached hydrogens (tertiary/aromatic N) is 4. The lowest BCUT2D eigenvalue weighted by Gasteiger charge is -2.35. The second-order valence-electron chi connectivity index (χ2n) is 16.6. The Hall–Kier alpha value is -4.74. The molecule has 0 saturated carbocycles. The summed E-state index contributed by atoms with van der Waals surface area (Å²) in [5.74, 6) is 3.75. The molecule has 5 nitrogen and oxygen atoms in total. The first-order valence-corrected chi connectivity index (χ1v) is 19.9. The van der Waals surface area contributed by atoms with Crippen LogP contribution in [0.25, 0.3) is 39.0 Å². The van der Waals surface area contributed by atoms with Crippen LogP contribution in [0.5, 0.6) is 0 Å². The Bertz CT molecular complexity index is 2430. The predicted molar refractivity (Wildman–Crippen MR) is 221 cm³/mol. The number of para-hydroxylation sites is 2. The van der Waals surface area contributed by atoms with E-state index in [9.17, 15) is 0 Å². The molecule has 0 bridgehead atoms. The molecule has 0 N–H and O–H groups in total. The molecule has 0 aliphatic carbocycles. The number of aromatic nitrogens is 2. The number of hydrogen-bond donors (Lipinski definition) is 0. The Balaban J connectivity index is 1.40. The maximum atomic E-state index is 6.78. The van der Waals surface area contributed by atoms with Gasteiger partial charge in [-0.2, -0.15) is 13.6 Å². The number of hydrogen-bond acceptors (Lipinski definition) is 1. The second kappa shape index (κ2) is 13.0. The highest BCUT2D eigenvalue weighted by molar-refractivity contribution is 6.07. The van der Waals surface area contributed by atoms with Gasteiger partial charge in [0.2, 0.25) is 6.20 Å². The Labute approximate surface area is 316 Å². The molecule has 6 aromatic rings. The van der Waals surface area contributed by atoms with Gasteiger partial charge in [0.1, 0.15) is 41.8 Å². The molecule has 5 heteroatoms. The number of fused-ring (bicyclic) bond motifs is 6. The van der Waals surface area contributed by atoms with Crippen molar-refractivity contribution in [3.8, 4) is 17.1 Å². The van der Waals surface area contributed by atoms with Crippen molar-refractivity contribution in [3.05, 3.63) is 126 Å². The molecule has 272 valence electrons. The van der Waals surface area contributed by atoms with Gasteiger partial charge in [0.25, 0.3) is 5.82 Å². The summed E-state index contributed by atoms with van der Waals surface area (Å²) in [6.45, 7) is 18.9. The second-order valence-corrected chi connectivity index (χ2v) is 16.6. The minimum absolute atomic E-state index is 0.0682. The van der Waals surface area contributed by atoms with Gasteiger partial charge >= 0.3 is 5.84 Å². The van der Waals surface area contributed by atoms with E-state index in [4.69, 9.17) is 4.42 Å². The fourth-order valence-corrected chi connectivity index (χ4v) is 9.86. The number of furan rings is 1. The van der Waals surface area contributed by atoms with Gasteiger partial charge in [-0.3, -0.25) is 0 Å². The zero-order valence-corrected chi connectivity index (χ0v) is 33.4. The van der Waals surface area contributed by atoms with Crippen LogP contribution in [0.4, 0.5) is 5.69 Å². The molecule has 53 heavy (non-hydrogen) atoms. The van der Waals surface area contributed by atoms with Crippen molar-refractivity contribution in [3.63, 3.8) is 0 Å². The summed E-state index contributed by atoms with van der Waals surface area (Å²) >= 11 is 0. The molecule has 2 aromatic heterocycles. The lowest BCUT2D eigenvalue weighted by molar-refractivity contribution is -0.756. The van der Waals surface area contributed by atoms with Crippen molar-refractivity contribution < 1.29 is 13.6 Å². The monoisotopic (exact) mass is 705 g/mol. The fraction of sp³-hybridized carbons (Fsp3) is 0.375. The standard InChI is InChI=1S/C48H57N4O/c1-11-48(12-2)30-41(33(7)35-19-15-17-23-42(35)52(10)28-27-49(9)34(52)8)36-20-13-14-22-38(36)47-50(25-26-51(47)48)45-39(31(3)4)29-40-37-21-16-18-24-43(37)53-46(40)44(45)32(5)6/h13-29,31-33,41H,11-12,30H2,1-10H3/q+3. The summed E-state index contributed by atoms with van der Waals surface area (Å²) in [6, 6.07) is 29.5. The molecule has 2 aliphatic rings. The normalized spacial score (nSPS) is 20.1. The molecule has 4 aromatic carbocycles. The van der Waals surface area contributed by atoms with Crippen molar-refractivity contribution in [2.45, 2.75) is 104 Å². The molecule has 2 aliphatic heterocycles. The summed E-state index contributed by atoms with van der Waals surface area (Å²) in [7, 11) is 4.49. The average Bonchev–Trinajstić information content (AvgIpc) is 3.83. The molecule has 3 unspecified atom stereocenters. The molecule has 0 radical (unpaired) electrons. The molecule has 0 saturated heterocycles. The Morgan fingerprint density at radius 2 is 1.57 bits per heavy atom. The highest BCUT2D eigenvalue weighted by atomic mass is 16.3. The molecule has 3 atom stereocenters. The van der Waals surface area contributed by atoms with Gasteiger partial charge in [-0.1, -0.05) is 103 Å². The van der Waals surface area contributed by atoms with Crippen LogP contribution in [0.1, 0.15) is 121 Å². The maximum Gasteiger partial charge on any atom is 0.349 e. The summed E-state index contributed by atoms with van der Waals surface area (Å²) in [6.07, 6.45) is 12.5. The number of amidine groups is 1. The van der Waals surface area contributed by atoms with Crippen LogP contribution in [-0.2, 0) is 5.54 Å². The topological polar surface area (TPSA) is 25.0 Å². The quantitative estimate of drug-likeness (QED) is 0.114. The molecule has 8 rings (SSSR count). The largest absolute Gasteiger partial charge is 0.456 e. The lowest BCUT2D eigenvalue weighted by Crippen LogP contribution is -2.56. The van der Waals surface area contributed by atoms with Gasteiger partial charge in [-0.15, -0.1) is 0 Å². The van der Waals surface area contributed by atoms with Crippen LogP contribution in [-0.4, -0.2) is 29.1 Å². The first-order chi connectivity index (χ1) is 25.5. The molecular weight excluding hydrogens is 649 g/mol. The molecule has 0 spiro atoms. The average molecular weight is 706 g/mol. The fourth-order valence-electron chi connectivity index (χ4n) is 9.86. The van der Waals surface area contributed by atoms with Gasteiger partial charge in [-0.05, 0) is 66.7 Å². The van der Waals surface area contributed by atoms with Crippen LogP contribution in [0, 0.1) is 0 Å². The minimum atomic E-state index is -0.0682. The first kappa shape index (κ1) is 35.3. The Morgan fingerprint density at radius 3 is 2.26 bits per heavy atom. The van der Waals surface area contributed by atoms with Crippen LogP contribution in [0.15, 0.2) is 108 Å². The molecular formula is C48H57N4O+3. The number of rotatable bonds is 8. The summed E-state index contributed by atoms with van der Waals surface area (Å²) < 4.78 is 15.0. The SMILES string of the molecule is CCC1(CC)CC(C(C)c2ccccc2[N+]2(C)C=C[N+](C)=C2C)c2ccccc2-c2n(-c3c(C(C)C)cc4c(oc5ccccc54)c3C(C)C)cc[n+]21. The summed E-state index contributed by atoms with van der Waals surface area (Å²) in [4.78, 5) is 0. The minimum Gasteiger partial charge on any atom is -0.456 e. The highest BCUT2D eigenvalue weighted by Crippen LogP contribution is 2.51. The zero-order valence-electron chi connectivity index (χ0n) is 33.4. The first-order valence-electron chi connectivity index (χ1n) is 19.9. The van der Waals surface area contributed by atoms with E-state index in [2.05, 4.69) is 187 Å². The Morgan fingerprint density at radius 1 is 0.868 bits per heavy atom. The van der Waals surface area contributed by atoms with Crippen molar-refractivity contribution in [2.75, 3.05) is 14.1 Å². The van der Waals surface area contributed by atoms with E-state index in [-0.39, 0.29) is 17.4 Å². The Kier molecular flexibility index (Phi) is 8.65. The van der Waals surface area contributed by atoms with Crippen molar-refractivity contribution in [2.24, 2.45) is 0 Å². The van der Waals surface area contributed by atoms with Gasteiger partial charge in [0.05, 0.1) is 19.5 Å². The van der Waals surface area contributed by atoms with E-state index in [1.54, 1.807) is 0 Å². The van der Waals surface area contributed by atoms with Crippen LogP contribution in [0.3, 0.4) is 0 Å². The zero-order chi connectivity index (χ0) is 37.4. The lowest BCUT2D eigenvalue weighted by atomic mass is 9.72. The van der Waals surface area contributed by atoms with E-state index in [0.29, 0.717) is 16.3 Å². The van der Waals surface area contributed by atoms with Crippen LogP contribution < -0.4 is 9.05 Å². The maximum absolute atomic E-state index is 6.78. The third-order valence-electron chi connectivity index (χ3n) is 13.3. The summed E-state index contributed by atoms with van der Waals surface area (Å²) in [5.41, 5.74) is 11.4. The predicted octanol–water partition coefficient (Wildman–Crippen LogP) is 11.9. The van der Waals surface area contributed by atoms with Crippen LogP contribution in [0.2, 0.25) is 0 Å². The molecule has 0 fully saturated rings. The van der Waals surface area contributed by atoms with Gasteiger partial charge in [0.15, 0.2) is 11.9 Å². The highest BCUT2D eigenvalue weighted by Gasteiger charge is 2.48. The third kappa shape index (κ3) is 5.21. The van der Waals surface area contributed by atoms with Crippen LogP contribution >= 0.6 is 0 Å². The van der Waals surface area contributed by atoms with E-state index < -0.39 is 0 Å².